The fourth-order valence-corrected chi connectivity index (χ4v) is 4.30. The molecule has 0 radical (unpaired) electrons. The molecule has 1 aliphatic rings. The zero-order chi connectivity index (χ0) is 20.2. The van der Waals surface area contributed by atoms with Gasteiger partial charge in [-0.15, -0.1) is 0 Å². The van der Waals surface area contributed by atoms with Crippen LogP contribution in [0.15, 0.2) is 29.2 Å². The minimum absolute atomic E-state index is 0.145. The van der Waals surface area contributed by atoms with Gasteiger partial charge in [0.15, 0.2) is 0 Å². The van der Waals surface area contributed by atoms with Crippen LogP contribution in [-0.4, -0.2) is 50.2 Å². The molecule has 0 aromatic heterocycles. The highest BCUT2D eigenvalue weighted by molar-refractivity contribution is 7.89. The van der Waals surface area contributed by atoms with Crippen molar-refractivity contribution in [3.05, 3.63) is 24.3 Å². The minimum Gasteiger partial charge on any atom is -0.444 e. The molecule has 1 aromatic carbocycles. The van der Waals surface area contributed by atoms with Crippen LogP contribution in [0.25, 0.3) is 0 Å². The Morgan fingerprint density at radius 3 is 2.37 bits per heavy atom. The third-order valence-electron chi connectivity index (χ3n) is 3.86. The van der Waals surface area contributed by atoms with Gasteiger partial charge in [0.2, 0.25) is 10.0 Å². The number of para-hydroxylation sites is 1. The molecule has 0 atom stereocenters. The van der Waals surface area contributed by atoms with E-state index < -0.39 is 28.3 Å². The third-order valence-corrected chi connectivity index (χ3v) is 5.80. The second-order valence-electron chi connectivity index (χ2n) is 7.15. The summed E-state index contributed by atoms with van der Waals surface area (Å²) < 4.78 is 61.4. The molecular weight excluding hydrogens is 382 g/mol. The summed E-state index contributed by atoms with van der Waals surface area (Å²) >= 11 is 0. The van der Waals surface area contributed by atoms with E-state index in [0.29, 0.717) is 12.8 Å². The van der Waals surface area contributed by atoms with E-state index in [1.165, 1.54) is 28.6 Å². The number of rotatable bonds is 5. The molecule has 1 amide bonds. The SMILES string of the molecule is CC(C)(C)OC(=O)NC1CCN(S(=O)(=O)c2ccccc2OC(F)F)CC1. The number of halogens is 2. The smallest absolute Gasteiger partial charge is 0.407 e. The average molecular weight is 406 g/mol. The van der Waals surface area contributed by atoms with Crippen LogP contribution in [0.4, 0.5) is 13.6 Å². The van der Waals surface area contributed by atoms with Crippen molar-refractivity contribution in [2.24, 2.45) is 0 Å². The Kier molecular flexibility index (Phi) is 6.63. The number of amides is 1. The van der Waals surface area contributed by atoms with Crippen molar-refractivity contribution in [1.29, 1.82) is 0 Å². The Hall–Kier alpha value is -1.94. The number of carbonyl (C=O) groups is 1. The van der Waals surface area contributed by atoms with Gasteiger partial charge in [-0.25, -0.2) is 13.2 Å². The van der Waals surface area contributed by atoms with Gasteiger partial charge >= 0.3 is 12.7 Å². The summed E-state index contributed by atoms with van der Waals surface area (Å²) in [4.78, 5) is 11.5. The Bertz CT molecular complexity index is 757. The summed E-state index contributed by atoms with van der Waals surface area (Å²) in [7, 11) is -3.99. The molecule has 0 aliphatic carbocycles. The normalized spacial score (nSPS) is 17.0. The molecule has 10 heteroatoms. The summed E-state index contributed by atoms with van der Waals surface area (Å²) in [5, 5.41) is 2.72. The highest BCUT2D eigenvalue weighted by Crippen LogP contribution is 2.29. The molecule has 27 heavy (non-hydrogen) atoms. The second-order valence-corrected chi connectivity index (χ2v) is 9.06. The molecule has 0 unspecified atom stereocenters. The van der Waals surface area contributed by atoms with Crippen molar-refractivity contribution in [3.63, 3.8) is 0 Å². The van der Waals surface area contributed by atoms with Crippen LogP contribution in [-0.2, 0) is 14.8 Å². The number of piperidine rings is 1. The van der Waals surface area contributed by atoms with Crippen LogP contribution in [0.5, 0.6) is 5.75 Å². The predicted octanol–water partition coefficient (Wildman–Crippen LogP) is 2.97. The summed E-state index contributed by atoms with van der Waals surface area (Å²) in [6.07, 6.45) is 0.214. The predicted molar refractivity (Wildman–Crippen MR) is 94.2 cm³/mol. The van der Waals surface area contributed by atoms with Gasteiger partial charge in [-0.3, -0.25) is 0 Å². The average Bonchev–Trinajstić information content (AvgIpc) is 2.53. The van der Waals surface area contributed by atoms with E-state index in [1.807, 2.05) is 0 Å². The third kappa shape index (κ3) is 6.03. The van der Waals surface area contributed by atoms with Crippen molar-refractivity contribution >= 4 is 16.1 Å². The maximum Gasteiger partial charge on any atom is 0.407 e. The number of ether oxygens (including phenoxy) is 2. The Morgan fingerprint density at radius 2 is 1.81 bits per heavy atom. The van der Waals surface area contributed by atoms with E-state index in [0.717, 1.165) is 0 Å². The Labute approximate surface area is 157 Å². The molecule has 1 saturated heterocycles. The molecule has 2 rings (SSSR count). The number of sulfonamides is 1. The first-order valence-corrected chi connectivity index (χ1v) is 9.96. The molecule has 0 spiro atoms. The van der Waals surface area contributed by atoms with Crippen LogP contribution < -0.4 is 10.1 Å². The summed E-state index contributed by atoms with van der Waals surface area (Å²) in [6.45, 7) is 2.42. The van der Waals surface area contributed by atoms with Gasteiger partial charge < -0.3 is 14.8 Å². The topological polar surface area (TPSA) is 84.9 Å². The monoisotopic (exact) mass is 406 g/mol. The number of hydrogen-bond acceptors (Lipinski definition) is 5. The summed E-state index contributed by atoms with van der Waals surface area (Å²) in [5.74, 6) is -0.387. The maximum absolute atomic E-state index is 12.8. The fourth-order valence-electron chi connectivity index (χ4n) is 2.71. The molecule has 152 valence electrons. The van der Waals surface area contributed by atoms with Gasteiger partial charge in [0, 0.05) is 19.1 Å². The largest absolute Gasteiger partial charge is 0.444 e. The van der Waals surface area contributed by atoms with Crippen LogP contribution in [0.1, 0.15) is 33.6 Å². The van der Waals surface area contributed by atoms with Crippen LogP contribution >= 0.6 is 0 Å². The lowest BCUT2D eigenvalue weighted by molar-refractivity contribution is -0.0518. The van der Waals surface area contributed by atoms with E-state index in [-0.39, 0.29) is 29.8 Å². The first-order valence-electron chi connectivity index (χ1n) is 8.52. The van der Waals surface area contributed by atoms with Crippen molar-refractivity contribution in [2.75, 3.05) is 13.1 Å². The molecule has 1 aromatic rings. The first kappa shape index (κ1) is 21.4. The lowest BCUT2D eigenvalue weighted by atomic mass is 10.1. The zero-order valence-corrected chi connectivity index (χ0v) is 16.3. The van der Waals surface area contributed by atoms with Gasteiger partial charge in [0.1, 0.15) is 16.2 Å². The number of nitrogens with one attached hydrogen (secondary N) is 1. The molecule has 1 fully saturated rings. The summed E-state index contributed by atoms with van der Waals surface area (Å²) in [5.41, 5.74) is -0.622. The number of nitrogens with zero attached hydrogens (tertiary/aromatic N) is 1. The van der Waals surface area contributed by atoms with Gasteiger partial charge in [-0.1, -0.05) is 12.1 Å². The second kappa shape index (κ2) is 8.39. The lowest BCUT2D eigenvalue weighted by Crippen LogP contribution is -2.47. The van der Waals surface area contributed by atoms with Gasteiger partial charge in [-0.2, -0.15) is 13.1 Å². The van der Waals surface area contributed by atoms with E-state index in [2.05, 4.69) is 10.1 Å². The number of carbonyl (C=O) groups excluding carboxylic acids is 1. The highest BCUT2D eigenvalue weighted by Gasteiger charge is 2.32. The van der Waals surface area contributed by atoms with Crippen molar-refractivity contribution < 1.29 is 31.5 Å². The van der Waals surface area contributed by atoms with Gasteiger partial charge in [0.05, 0.1) is 0 Å². The van der Waals surface area contributed by atoms with E-state index >= 15 is 0 Å². The molecule has 0 bridgehead atoms. The molecule has 7 nitrogen and oxygen atoms in total. The van der Waals surface area contributed by atoms with Gasteiger partial charge in [0.25, 0.3) is 0 Å². The minimum atomic E-state index is -3.99. The number of alkyl halides is 2. The Balaban J connectivity index is 2.02. The van der Waals surface area contributed by atoms with Crippen molar-refractivity contribution in [3.8, 4) is 5.75 Å². The maximum atomic E-state index is 12.8. The summed E-state index contributed by atoms with van der Waals surface area (Å²) in [6, 6.07) is 5.07. The van der Waals surface area contributed by atoms with E-state index in [9.17, 15) is 22.0 Å². The number of benzene rings is 1. The zero-order valence-electron chi connectivity index (χ0n) is 15.4. The molecule has 0 saturated carbocycles. The lowest BCUT2D eigenvalue weighted by Gasteiger charge is -2.32. The van der Waals surface area contributed by atoms with E-state index in [1.54, 1.807) is 20.8 Å². The quantitative estimate of drug-likeness (QED) is 0.813. The van der Waals surface area contributed by atoms with Crippen LogP contribution in [0.3, 0.4) is 0 Å². The number of hydrogen-bond donors (Lipinski definition) is 1. The van der Waals surface area contributed by atoms with E-state index in [4.69, 9.17) is 4.74 Å². The van der Waals surface area contributed by atoms with Crippen molar-refractivity contribution in [2.45, 2.75) is 56.8 Å². The molecule has 1 N–H and O–H groups in total. The molecule has 1 heterocycles. The van der Waals surface area contributed by atoms with Crippen molar-refractivity contribution in [1.82, 2.24) is 9.62 Å². The number of alkyl carbamates (subject to hydrolysis) is 1. The van der Waals surface area contributed by atoms with Crippen LogP contribution in [0.2, 0.25) is 0 Å². The molecule has 1 aliphatic heterocycles. The standard InChI is InChI=1S/C17H24F2N2O5S/c1-17(2,3)26-16(22)20-12-8-10-21(11-9-12)27(23,24)14-7-5-4-6-13(14)25-15(18)19/h4-7,12,15H,8-11H2,1-3H3,(H,20,22). The first-order chi connectivity index (χ1) is 12.5. The van der Waals surface area contributed by atoms with Gasteiger partial charge in [-0.05, 0) is 45.7 Å². The van der Waals surface area contributed by atoms with Crippen LogP contribution in [0, 0.1) is 0 Å². The Morgan fingerprint density at radius 1 is 1.22 bits per heavy atom. The highest BCUT2D eigenvalue weighted by atomic mass is 32.2. The molecular formula is C17H24F2N2O5S. The fraction of sp³-hybridized carbons (Fsp3) is 0.588.